The van der Waals surface area contributed by atoms with Crippen molar-refractivity contribution < 1.29 is 14.4 Å². The Bertz CT molecular complexity index is 580. The lowest BCUT2D eigenvalue weighted by Crippen LogP contribution is -2.47. The van der Waals surface area contributed by atoms with E-state index in [0.717, 1.165) is 5.56 Å². The van der Waals surface area contributed by atoms with Gasteiger partial charge >= 0.3 is 6.03 Å². The molecule has 9 heteroatoms. The molecule has 0 aliphatic carbocycles. The van der Waals surface area contributed by atoms with Crippen LogP contribution in [-0.2, 0) is 16.1 Å². The normalized spacial score (nSPS) is 11.2. The first-order valence-corrected chi connectivity index (χ1v) is 7.25. The first kappa shape index (κ1) is 21.7. The summed E-state index contributed by atoms with van der Waals surface area (Å²) in [6.45, 7) is 3.78. The number of benzene rings is 1. The molecule has 0 fully saturated rings. The van der Waals surface area contributed by atoms with Crippen molar-refractivity contribution in [2.45, 2.75) is 26.4 Å². The van der Waals surface area contributed by atoms with Crippen LogP contribution >= 0.6 is 12.4 Å². The molecule has 0 heterocycles. The molecule has 1 rings (SSSR count). The van der Waals surface area contributed by atoms with Crippen molar-refractivity contribution in [2.24, 2.45) is 17.4 Å². The second-order valence-electron chi connectivity index (χ2n) is 5.45. The van der Waals surface area contributed by atoms with Crippen LogP contribution in [0, 0.1) is 5.92 Å². The highest BCUT2D eigenvalue weighted by molar-refractivity contribution is 5.88. The van der Waals surface area contributed by atoms with Crippen molar-refractivity contribution in [1.29, 1.82) is 0 Å². The topological polar surface area (TPSA) is 139 Å². The highest BCUT2D eigenvalue weighted by Gasteiger charge is 2.17. The van der Waals surface area contributed by atoms with E-state index in [9.17, 15) is 14.4 Å². The van der Waals surface area contributed by atoms with Crippen molar-refractivity contribution in [2.75, 3.05) is 11.9 Å². The van der Waals surface area contributed by atoms with E-state index in [1.54, 1.807) is 24.3 Å². The fraction of sp³-hybridized carbons (Fsp3) is 0.400. The molecule has 24 heavy (non-hydrogen) atoms. The van der Waals surface area contributed by atoms with Gasteiger partial charge in [0.15, 0.2) is 0 Å². The van der Waals surface area contributed by atoms with Gasteiger partial charge < -0.3 is 27.4 Å². The molecule has 0 saturated heterocycles. The van der Waals surface area contributed by atoms with Crippen LogP contribution in [0.15, 0.2) is 24.3 Å². The Balaban J connectivity index is 0.00000529. The lowest BCUT2D eigenvalue weighted by atomic mass is 10.1. The van der Waals surface area contributed by atoms with Crippen LogP contribution in [-0.4, -0.2) is 30.4 Å². The van der Waals surface area contributed by atoms with Crippen LogP contribution in [0.4, 0.5) is 10.5 Å². The van der Waals surface area contributed by atoms with Crippen LogP contribution < -0.4 is 27.4 Å². The molecule has 0 bridgehead atoms. The monoisotopic (exact) mass is 357 g/mol. The largest absolute Gasteiger partial charge is 0.351 e. The maximum atomic E-state index is 11.7. The zero-order valence-electron chi connectivity index (χ0n) is 13.7. The van der Waals surface area contributed by atoms with Gasteiger partial charge in [0.05, 0.1) is 12.6 Å². The van der Waals surface area contributed by atoms with Crippen molar-refractivity contribution in [3.8, 4) is 0 Å². The molecule has 0 saturated carbocycles. The Morgan fingerprint density at radius 2 is 1.83 bits per heavy atom. The van der Waals surface area contributed by atoms with Gasteiger partial charge in [0, 0.05) is 12.2 Å². The zero-order chi connectivity index (χ0) is 17.4. The molecule has 1 atom stereocenters. The molecular formula is C15H24ClN5O3. The van der Waals surface area contributed by atoms with Crippen molar-refractivity contribution in [3.05, 3.63) is 29.8 Å². The molecule has 4 amide bonds. The van der Waals surface area contributed by atoms with Gasteiger partial charge in [0.2, 0.25) is 11.8 Å². The van der Waals surface area contributed by atoms with Gasteiger partial charge in [-0.2, -0.15) is 0 Å². The van der Waals surface area contributed by atoms with Crippen molar-refractivity contribution in [1.82, 2.24) is 10.6 Å². The SMILES string of the molecule is CC(C)[C@H](N)C(=O)NCC(=O)NCc1cccc(NC(N)=O)c1.Cl. The first-order chi connectivity index (χ1) is 10.8. The van der Waals surface area contributed by atoms with E-state index in [2.05, 4.69) is 16.0 Å². The van der Waals surface area contributed by atoms with Crippen molar-refractivity contribution >= 4 is 35.9 Å². The Hall–Kier alpha value is -2.32. The quantitative estimate of drug-likeness (QED) is 0.479. The summed E-state index contributed by atoms with van der Waals surface area (Å²) in [5.74, 6) is -0.691. The summed E-state index contributed by atoms with van der Waals surface area (Å²) in [6, 6.07) is 5.60. The number of urea groups is 1. The maximum Gasteiger partial charge on any atom is 0.316 e. The van der Waals surface area contributed by atoms with E-state index in [-0.39, 0.29) is 43.2 Å². The van der Waals surface area contributed by atoms with Crippen LogP contribution in [0.3, 0.4) is 0 Å². The van der Waals surface area contributed by atoms with Gasteiger partial charge in [-0.15, -0.1) is 12.4 Å². The van der Waals surface area contributed by atoms with Gasteiger partial charge in [0.1, 0.15) is 0 Å². The third-order valence-electron chi connectivity index (χ3n) is 3.13. The molecule has 134 valence electrons. The Morgan fingerprint density at radius 1 is 1.17 bits per heavy atom. The van der Waals surface area contributed by atoms with E-state index >= 15 is 0 Å². The number of halogens is 1. The highest BCUT2D eigenvalue weighted by Crippen LogP contribution is 2.10. The number of hydrogen-bond acceptors (Lipinski definition) is 4. The number of carbonyl (C=O) groups is 3. The number of rotatable bonds is 7. The molecule has 1 aromatic rings. The predicted molar refractivity (Wildman–Crippen MR) is 94.6 cm³/mol. The Labute approximate surface area is 147 Å². The van der Waals surface area contributed by atoms with Crippen LogP contribution in [0.25, 0.3) is 0 Å². The number of anilines is 1. The summed E-state index contributed by atoms with van der Waals surface area (Å²) in [4.78, 5) is 34.2. The minimum Gasteiger partial charge on any atom is -0.351 e. The molecule has 0 aliphatic heterocycles. The van der Waals surface area contributed by atoms with Crippen molar-refractivity contribution in [3.63, 3.8) is 0 Å². The van der Waals surface area contributed by atoms with Gasteiger partial charge in [-0.05, 0) is 23.6 Å². The van der Waals surface area contributed by atoms with E-state index < -0.39 is 12.1 Å². The average molecular weight is 358 g/mol. The van der Waals surface area contributed by atoms with E-state index in [4.69, 9.17) is 11.5 Å². The fourth-order valence-electron chi connectivity index (χ4n) is 1.75. The summed E-state index contributed by atoms with van der Waals surface area (Å²) in [6.07, 6.45) is 0. The molecule has 0 aliphatic rings. The molecule has 7 N–H and O–H groups in total. The summed E-state index contributed by atoms with van der Waals surface area (Å²) in [5.41, 5.74) is 12.0. The molecule has 0 spiro atoms. The maximum absolute atomic E-state index is 11.7. The minimum atomic E-state index is -0.657. The first-order valence-electron chi connectivity index (χ1n) is 7.25. The number of nitrogens with one attached hydrogen (secondary N) is 3. The average Bonchev–Trinajstić information content (AvgIpc) is 2.49. The smallest absolute Gasteiger partial charge is 0.316 e. The summed E-state index contributed by atoms with van der Waals surface area (Å²) < 4.78 is 0. The Kier molecular flexibility index (Phi) is 9.44. The summed E-state index contributed by atoms with van der Waals surface area (Å²) in [5, 5.41) is 7.60. The number of hydrogen-bond donors (Lipinski definition) is 5. The van der Waals surface area contributed by atoms with Crippen LogP contribution in [0.2, 0.25) is 0 Å². The molecule has 0 radical (unpaired) electrons. The van der Waals surface area contributed by atoms with Gasteiger partial charge in [0.25, 0.3) is 0 Å². The number of amides is 4. The molecule has 1 aromatic carbocycles. The van der Waals surface area contributed by atoms with E-state index in [1.165, 1.54) is 0 Å². The number of nitrogens with two attached hydrogens (primary N) is 2. The molecular weight excluding hydrogens is 334 g/mol. The van der Waals surface area contributed by atoms with E-state index in [0.29, 0.717) is 5.69 Å². The summed E-state index contributed by atoms with van der Waals surface area (Å²) >= 11 is 0. The standard InChI is InChI=1S/C15H23N5O3.ClH/c1-9(2)13(16)14(22)19-8-12(21)18-7-10-4-3-5-11(6-10)20-15(17)23;/h3-6,9,13H,7-8,16H2,1-2H3,(H,18,21)(H,19,22)(H3,17,20,23);1H/t13-;/m0./s1. The lowest BCUT2D eigenvalue weighted by Gasteiger charge is -2.15. The van der Waals surface area contributed by atoms with Crippen LogP contribution in [0.1, 0.15) is 19.4 Å². The summed E-state index contributed by atoms with van der Waals surface area (Å²) in [7, 11) is 0. The zero-order valence-corrected chi connectivity index (χ0v) is 14.5. The second kappa shape index (κ2) is 10.5. The van der Waals surface area contributed by atoms with Crippen LogP contribution in [0.5, 0.6) is 0 Å². The van der Waals surface area contributed by atoms with Gasteiger partial charge in [-0.25, -0.2) is 4.79 Å². The highest BCUT2D eigenvalue weighted by atomic mass is 35.5. The van der Waals surface area contributed by atoms with Gasteiger partial charge in [-0.1, -0.05) is 26.0 Å². The third kappa shape index (κ3) is 7.80. The molecule has 8 nitrogen and oxygen atoms in total. The third-order valence-corrected chi connectivity index (χ3v) is 3.13. The molecule has 0 aromatic heterocycles. The van der Waals surface area contributed by atoms with Gasteiger partial charge in [-0.3, -0.25) is 9.59 Å². The Morgan fingerprint density at radius 3 is 2.42 bits per heavy atom. The predicted octanol–water partition coefficient (Wildman–Crippen LogP) is 0.315. The second-order valence-corrected chi connectivity index (χ2v) is 5.45. The number of primary amides is 1. The fourth-order valence-corrected chi connectivity index (χ4v) is 1.75. The minimum absolute atomic E-state index is 0. The van der Waals surface area contributed by atoms with E-state index in [1.807, 2.05) is 13.8 Å². The number of carbonyl (C=O) groups excluding carboxylic acids is 3. The lowest BCUT2D eigenvalue weighted by molar-refractivity contribution is -0.127. The molecule has 0 unspecified atom stereocenters.